The largest absolute Gasteiger partial charge is 0.394 e. The molecule has 1 aromatic carbocycles. The van der Waals surface area contributed by atoms with E-state index in [0.29, 0.717) is 18.1 Å². The third kappa shape index (κ3) is 4.16. The average molecular weight is 288 g/mol. The molecule has 5 nitrogen and oxygen atoms in total. The van der Waals surface area contributed by atoms with Crippen LogP contribution < -0.4 is 5.32 Å². The van der Waals surface area contributed by atoms with Gasteiger partial charge in [-0.05, 0) is 12.3 Å². The molecule has 1 amide bonds. The lowest BCUT2D eigenvalue weighted by atomic mass is 10.0. The van der Waals surface area contributed by atoms with Gasteiger partial charge in [0.05, 0.1) is 12.6 Å². The van der Waals surface area contributed by atoms with E-state index in [1.807, 2.05) is 44.2 Å². The molecule has 1 heterocycles. The highest BCUT2D eigenvalue weighted by molar-refractivity contribution is 5.93. The van der Waals surface area contributed by atoms with Crippen molar-refractivity contribution in [3.05, 3.63) is 42.1 Å². The smallest absolute Gasteiger partial charge is 0.273 e. The lowest BCUT2D eigenvalue weighted by Gasteiger charge is -2.17. The van der Waals surface area contributed by atoms with E-state index in [1.165, 1.54) is 0 Å². The lowest BCUT2D eigenvalue weighted by Crippen LogP contribution is -2.38. The summed E-state index contributed by atoms with van der Waals surface area (Å²) in [4.78, 5) is 12.1. The monoisotopic (exact) mass is 288 g/mol. The van der Waals surface area contributed by atoms with Crippen LogP contribution in [-0.4, -0.2) is 28.8 Å². The molecule has 0 bridgehead atoms. The molecular weight excluding hydrogens is 268 g/mol. The van der Waals surface area contributed by atoms with E-state index in [9.17, 15) is 9.90 Å². The predicted molar refractivity (Wildman–Crippen MR) is 79.7 cm³/mol. The predicted octanol–water partition coefficient (Wildman–Crippen LogP) is 2.48. The standard InChI is InChI=1S/C16H20N2O3/c1-11(2)8-13(10-19)17-16(20)14-9-15(21-18-14)12-6-4-3-5-7-12/h3-7,9,11,13,19H,8,10H2,1-2H3,(H,17,20). The number of aliphatic hydroxyl groups excluding tert-OH is 1. The first-order valence-electron chi connectivity index (χ1n) is 7.04. The maximum atomic E-state index is 12.1. The van der Waals surface area contributed by atoms with Gasteiger partial charge in [-0.2, -0.15) is 0 Å². The van der Waals surface area contributed by atoms with Crippen molar-refractivity contribution in [3.63, 3.8) is 0 Å². The zero-order valence-electron chi connectivity index (χ0n) is 12.2. The van der Waals surface area contributed by atoms with E-state index in [2.05, 4.69) is 10.5 Å². The Morgan fingerprint density at radius 2 is 2.05 bits per heavy atom. The van der Waals surface area contributed by atoms with Crippen molar-refractivity contribution in [1.29, 1.82) is 0 Å². The van der Waals surface area contributed by atoms with Crippen LogP contribution in [0.4, 0.5) is 0 Å². The SMILES string of the molecule is CC(C)CC(CO)NC(=O)c1cc(-c2ccccc2)on1. The highest BCUT2D eigenvalue weighted by Gasteiger charge is 2.18. The molecule has 1 atom stereocenters. The van der Waals surface area contributed by atoms with Crippen LogP contribution in [-0.2, 0) is 0 Å². The van der Waals surface area contributed by atoms with Gasteiger partial charge in [0.25, 0.3) is 5.91 Å². The molecule has 0 aliphatic heterocycles. The van der Waals surface area contributed by atoms with E-state index < -0.39 is 0 Å². The van der Waals surface area contributed by atoms with Gasteiger partial charge in [0.1, 0.15) is 0 Å². The molecule has 1 aromatic heterocycles. The number of aromatic nitrogens is 1. The summed E-state index contributed by atoms with van der Waals surface area (Å²) in [7, 11) is 0. The first kappa shape index (κ1) is 15.3. The highest BCUT2D eigenvalue weighted by Crippen LogP contribution is 2.19. The van der Waals surface area contributed by atoms with E-state index in [1.54, 1.807) is 6.07 Å². The van der Waals surface area contributed by atoms with Gasteiger partial charge in [0, 0.05) is 11.6 Å². The Balaban J connectivity index is 2.05. The minimum atomic E-state index is -0.333. The van der Waals surface area contributed by atoms with Crippen molar-refractivity contribution in [3.8, 4) is 11.3 Å². The van der Waals surface area contributed by atoms with Crippen molar-refractivity contribution < 1.29 is 14.4 Å². The number of nitrogens with zero attached hydrogens (tertiary/aromatic N) is 1. The molecule has 0 aliphatic rings. The highest BCUT2D eigenvalue weighted by atomic mass is 16.5. The average Bonchev–Trinajstić information content (AvgIpc) is 2.97. The van der Waals surface area contributed by atoms with Gasteiger partial charge in [0.15, 0.2) is 11.5 Å². The number of amides is 1. The van der Waals surface area contributed by atoms with Crippen LogP contribution in [0.1, 0.15) is 30.8 Å². The third-order valence-electron chi connectivity index (χ3n) is 3.11. The van der Waals surface area contributed by atoms with Gasteiger partial charge in [-0.15, -0.1) is 0 Å². The molecule has 2 rings (SSSR count). The summed E-state index contributed by atoms with van der Waals surface area (Å²) in [6.45, 7) is 3.99. The molecule has 0 aliphatic carbocycles. The number of hydrogen-bond acceptors (Lipinski definition) is 4. The minimum absolute atomic E-state index is 0.0900. The van der Waals surface area contributed by atoms with Gasteiger partial charge >= 0.3 is 0 Å². The Bertz CT molecular complexity index is 578. The number of benzene rings is 1. The van der Waals surface area contributed by atoms with Crippen LogP contribution in [0.5, 0.6) is 0 Å². The van der Waals surface area contributed by atoms with Crippen LogP contribution in [0.15, 0.2) is 40.9 Å². The molecule has 0 saturated heterocycles. The molecular formula is C16H20N2O3. The molecule has 1 unspecified atom stereocenters. The fourth-order valence-electron chi connectivity index (χ4n) is 2.13. The molecule has 0 spiro atoms. The second kappa shape index (κ2) is 7.04. The van der Waals surface area contributed by atoms with E-state index in [-0.39, 0.29) is 24.2 Å². The topological polar surface area (TPSA) is 75.4 Å². The lowest BCUT2D eigenvalue weighted by molar-refractivity contribution is 0.0899. The van der Waals surface area contributed by atoms with Crippen molar-refractivity contribution in [2.24, 2.45) is 5.92 Å². The summed E-state index contributed by atoms with van der Waals surface area (Å²) >= 11 is 0. The van der Waals surface area contributed by atoms with Crippen LogP contribution >= 0.6 is 0 Å². The zero-order valence-corrected chi connectivity index (χ0v) is 12.2. The van der Waals surface area contributed by atoms with Crippen LogP contribution in [0.25, 0.3) is 11.3 Å². The Hall–Kier alpha value is -2.14. The Morgan fingerprint density at radius 1 is 1.33 bits per heavy atom. The number of nitrogens with one attached hydrogen (secondary N) is 1. The molecule has 5 heteroatoms. The summed E-state index contributed by atoms with van der Waals surface area (Å²) < 4.78 is 5.19. The first-order chi connectivity index (χ1) is 10.1. The zero-order chi connectivity index (χ0) is 15.2. The Morgan fingerprint density at radius 3 is 2.67 bits per heavy atom. The molecule has 112 valence electrons. The van der Waals surface area contributed by atoms with E-state index >= 15 is 0 Å². The number of rotatable bonds is 6. The summed E-state index contributed by atoms with van der Waals surface area (Å²) in [5, 5.41) is 15.9. The second-order valence-electron chi connectivity index (χ2n) is 5.42. The summed E-state index contributed by atoms with van der Waals surface area (Å²) in [6, 6.07) is 10.8. The van der Waals surface area contributed by atoms with Gasteiger partial charge in [0.2, 0.25) is 0 Å². The maximum absolute atomic E-state index is 12.1. The summed E-state index contributed by atoms with van der Waals surface area (Å²) in [6.07, 6.45) is 0.714. The van der Waals surface area contributed by atoms with Crippen LogP contribution in [0, 0.1) is 5.92 Å². The van der Waals surface area contributed by atoms with Gasteiger partial charge in [-0.25, -0.2) is 0 Å². The fraction of sp³-hybridized carbons (Fsp3) is 0.375. The molecule has 2 N–H and O–H groups in total. The summed E-state index contributed by atoms with van der Waals surface area (Å²) in [5.74, 6) is 0.602. The van der Waals surface area contributed by atoms with E-state index in [4.69, 9.17) is 4.52 Å². The minimum Gasteiger partial charge on any atom is -0.394 e. The van der Waals surface area contributed by atoms with Gasteiger partial charge < -0.3 is 14.9 Å². The molecule has 0 saturated carbocycles. The fourth-order valence-corrected chi connectivity index (χ4v) is 2.13. The summed E-state index contributed by atoms with van der Waals surface area (Å²) in [5.41, 5.74) is 1.08. The van der Waals surface area contributed by atoms with Crippen molar-refractivity contribution in [1.82, 2.24) is 10.5 Å². The first-order valence-corrected chi connectivity index (χ1v) is 7.04. The van der Waals surface area contributed by atoms with Gasteiger partial charge in [-0.1, -0.05) is 49.3 Å². The third-order valence-corrected chi connectivity index (χ3v) is 3.11. The quantitative estimate of drug-likeness (QED) is 0.856. The number of carbonyl (C=O) groups is 1. The number of aliphatic hydroxyl groups is 1. The maximum Gasteiger partial charge on any atom is 0.273 e. The number of hydrogen-bond donors (Lipinski definition) is 2. The molecule has 0 fully saturated rings. The van der Waals surface area contributed by atoms with E-state index in [0.717, 1.165) is 5.56 Å². The Labute approximate surface area is 124 Å². The van der Waals surface area contributed by atoms with Crippen molar-refractivity contribution >= 4 is 5.91 Å². The van der Waals surface area contributed by atoms with Crippen LogP contribution in [0.3, 0.4) is 0 Å². The number of carbonyl (C=O) groups excluding carboxylic acids is 1. The molecule has 2 aromatic rings. The van der Waals surface area contributed by atoms with Gasteiger partial charge in [-0.3, -0.25) is 4.79 Å². The normalized spacial score (nSPS) is 12.4. The van der Waals surface area contributed by atoms with Crippen LogP contribution in [0.2, 0.25) is 0 Å². The second-order valence-corrected chi connectivity index (χ2v) is 5.42. The molecule has 21 heavy (non-hydrogen) atoms. The molecule has 0 radical (unpaired) electrons. The Kier molecular flexibility index (Phi) is 5.11. The van der Waals surface area contributed by atoms with Crippen molar-refractivity contribution in [2.45, 2.75) is 26.3 Å². The van der Waals surface area contributed by atoms with Crippen molar-refractivity contribution in [2.75, 3.05) is 6.61 Å².